The van der Waals surface area contributed by atoms with Crippen LogP contribution >= 0.6 is 0 Å². The molecule has 0 saturated carbocycles. The average Bonchev–Trinajstić information content (AvgIpc) is 2.67. The molecule has 0 aliphatic carbocycles. The normalized spacial score (nSPS) is 12.7. The first kappa shape index (κ1) is 11.9. The van der Waals surface area contributed by atoms with Crippen LogP contribution in [-0.2, 0) is 11.3 Å². The van der Waals surface area contributed by atoms with Crippen LogP contribution in [0.15, 0.2) is 12.4 Å². The van der Waals surface area contributed by atoms with E-state index in [2.05, 4.69) is 12.0 Å². The fraction of sp³-hybridized carbons (Fsp3) is 0.636. The van der Waals surface area contributed by atoms with E-state index in [1.165, 1.54) is 0 Å². The molecule has 0 radical (unpaired) electrons. The second-order valence-corrected chi connectivity index (χ2v) is 3.67. The average molecular weight is 210 g/mol. The van der Waals surface area contributed by atoms with Gasteiger partial charge >= 0.3 is 0 Å². The molecule has 0 saturated heterocycles. The summed E-state index contributed by atoms with van der Waals surface area (Å²) in [7, 11) is 1.61. The first-order valence-electron chi connectivity index (χ1n) is 5.25. The van der Waals surface area contributed by atoms with Gasteiger partial charge in [-0.05, 0) is 13.3 Å². The SMILES string of the molecule is CCCn1cc(C(=O)CC(C)OC)cn1. The van der Waals surface area contributed by atoms with Crippen molar-refractivity contribution >= 4 is 5.78 Å². The summed E-state index contributed by atoms with van der Waals surface area (Å²) < 4.78 is 6.84. The molecule has 1 unspecified atom stereocenters. The van der Waals surface area contributed by atoms with Crippen LogP contribution < -0.4 is 0 Å². The molecule has 4 heteroatoms. The lowest BCUT2D eigenvalue weighted by Gasteiger charge is -2.06. The largest absolute Gasteiger partial charge is 0.381 e. The van der Waals surface area contributed by atoms with E-state index in [4.69, 9.17) is 4.74 Å². The third-order valence-electron chi connectivity index (χ3n) is 2.28. The van der Waals surface area contributed by atoms with Gasteiger partial charge in [-0.15, -0.1) is 0 Å². The number of hydrogen-bond acceptors (Lipinski definition) is 3. The van der Waals surface area contributed by atoms with Crippen LogP contribution in [0, 0.1) is 0 Å². The molecule has 1 atom stereocenters. The minimum absolute atomic E-state index is 0.0352. The Morgan fingerprint density at radius 3 is 3.00 bits per heavy atom. The number of aryl methyl sites for hydroxylation is 1. The summed E-state index contributed by atoms with van der Waals surface area (Å²) in [6.45, 7) is 4.82. The Morgan fingerprint density at radius 1 is 1.67 bits per heavy atom. The lowest BCUT2D eigenvalue weighted by atomic mass is 10.1. The summed E-state index contributed by atoms with van der Waals surface area (Å²) in [5, 5.41) is 4.12. The van der Waals surface area contributed by atoms with Gasteiger partial charge in [-0.1, -0.05) is 6.92 Å². The first-order valence-corrected chi connectivity index (χ1v) is 5.25. The van der Waals surface area contributed by atoms with Gasteiger partial charge in [0, 0.05) is 26.3 Å². The number of rotatable bonds is 6. The van der Waals surface area contributed by atoms with Crippen molar-refractivity contribution in [1.29, 1.82) is 0 Å². The molecular formula is C11H18N2O2. The van der Waals surface area contributed by atoms with Crippen molar-refractivity contribution in [2.45, 2.75) is 39.3 Å². The highest BCUT2D eigenvalue weighted by atomic mass is 16.5. The van der Waals surface area contributed by atoms with Crippen molar-refractivity contribution in [2.75, 3.05) is 7.11 Å². The van der Waals surface area contributed by atoms with Crippen molar-refractivity contribution in [1.82, 2.24) is 9.78 Å². The lowest BCUT2D eigenvalue weighted by Crippen LogP contribution is -2.11. The Labute approximate surface area is 90.2 Å². The Morgan fingerprint density at radius 2 is 2.40 bits per heavy atom. The molecule has 0 bridgehead atoms. The van der Waals surface area contributed by atoms with Gasteiger partial charge in [0.05, 0.1) is 17.9 Å². The molecule has 1 aromatic rings. The molecule has 1 heterocycles. The van der Waals surface area contributed by atoms with Crippen molar-refractivity contribution < 1.29 is 9.53 Å². The van der Waals surface area contributed by atoms with E-state index in [0.29, 0.717) is 12.0 Å². The molecule has 1 aromatic heterocycles. The maximum absolute atomic E-state index is 11.7. The number of methoxy groups -OCH3 is 1. The van der Waals surface area contributed by atoms with Crippen molar-refractivity contribution in [3.8, 4) is 0 Å². The fourth-order valence-electron chi connectivity index (χ4n) is 1.32. The standard InChI is InChI=1S/C11H18N2O2/c1-4-5-13-8-10(7-12-13)11(14)6-9(2)15-3/h7-9H,4-6H2,1-3H3. The van der Waals surface area contributed by atoms with Gasteiger partial charge in [-0.2, -0.15) is 5.10 Å². The lowest BCUT2D eigenvalue weighted by molar-refractivity contribution is 0.0792. The summed E-state index contributed by atoms with van der Waals surface area (Å²) in [4.78, 5) is 11.7. The van der Waals surface area contributed by atoms with Gasteiger partial charge in [-0.3, -0.25) is 9.48 Å². The van der Waals surface area contributed by atoms with Gasteiger partial charge in [-0.25, -0.2) is 0 Å². The number of hydrogen-bond donors (Lipinski definition) is 0. The number of ether oxygens (including phenoxy) is 1. The molecule has 0 aromatic carbocycles. The summed E-state index contributed by atoms with van der Waals surface area (Å²) in [5.41, 5.74) is 0.673. The third kappa shape index (κ3) is 3.47. The van der Waals surface area contributed by atoms with E-state index in [1.54, 1.807) is 24.2 Å². The molecule has 0 N–H and O–H groups in total. The Hall–Kier alpha value is -1.16. The monoisotopic (exact) mass is 210 g/mol. The predicted molar refractivity (Wildman–Crippen MR) is 57.9 cm³/mol. The number of Topliss-reactive ketones (excluding diaryl/α,β-unsaturated/α-hetero) is 1. The molecule has 84 valence electrons. The quantitative estimate of drug-likeness (QED) is 0.673. The van der Waals surface area contributed by atoms with Crippen LogP contribution in [0.1, 0.15) is 37.0 Å². The number of carbonyl (C=O) groups excluding carboxylic acids is 1. The van der Waals surface area contributed by atoms with E-state index >= 15 is 0 Å². The van der Waals surface area contributed by atoms with Crippen molar-refractivity contribution in [3.63, 3.8) is 0 Å². The molecule has 0 fully saturated rings. The summed E-state index contributed by atoms with van der Waals surface area (Å²) in [5.74, 6) is 0.0895. The van der Waals surface area contributed by atoms with Gasteiger partial charge in [0.1, 0.15) is 0 Å². The Bertz CT molecular complexity index is 320. The summed E-state index contributed by atoms with van der Waals surface area (Å²) in [6.07, 6.45) is 4.82. The molecule has 0 aliphatic rings. The van der Waals surface area contributed by atoms with Gasteiger partial charge in [0.2, 0.25) is 0 Å². The Kier molecular flexibility index (Phi) is 4.49. The van der Waals surface area contributed by atoms with Crippen LogP contribution in [0.25, 0.3) is 0 Å². The minimum atomic E-state index is -0.0352. The van der Waals surface area contributed by atoms with Gasteiger partial charge < -0.3 is 4.74 Å². The third-order valence-corrected chi connectivity index (χ3v) is 2.28. The predicted octanol–water partition coefficient (Wildman–Crippen LogP) is 1.90. The highest BCUT2D eigenvalue weighted by molar-refractivity contribution is 5.95. The molecule has 4 nitrogen and oxygen atoms in total. The highest BCUT2D eigenvalue weighted by Gasteiger charge is 2.12. The van der Waals surface area contributed by atoms with Crippen LogP contribution in [0.5, 0.6) is 0 Å². The van der Waals surface area contributed by atoms with E-state index in [1.807, 2.05) is 6.92 Å². The smallest absolute Gasteiger partial charge is 0.168 e. The van der Waals surface area contributed by atoms with E-state index in [0.717, 1.165) is 13.0 Å². The Balaban J connectivity index is 2.58. The van der Waals surface area contributed by atoms with Gasteiger partial charge in [0.25, 0.3) is 0 Å². The topological polar surface area (TPSA) is 44.1 Å². The summed E-state index contributed by atoms with van der Waals surface area (Å²) in [6, 6.07) is 0. The highest BCUT2D eigenvalue weighted by Crippen LogP contribution is 2.06. The maximum Gasteiger partial charge on any atom is 0.168 e. The number of carbonyl (C=O) groups is 1. The van der Waals surface area contributed by atoms with Crippen LogP contribution in [0.3, 0.4) is 0 Å². The zero-order valence-electron chi connectivity index (χ0n) is 9.56. The second kappa shape index (κ2) is 5.66. The van der Waals surface area contributed by atoms with E-state index in [-0.39, 0.29) is 11.9 Å². The van der Waals surface area contributed by atoms with Crippen molar-refractivity contribution in [3.05, 3.63) is 18.0 Å². The summed E-state index contributed by atoms with van der Waals surface area (Å²) >= 11 is 0. The molecule has 1 rings (SSSR count). The number of nitrogens with zero attached hydrogens (tertiary/aromatic N) is 2. The van der Waals surface area contributed by atoms with Crippen molar-refractivity contribution in [2.24, 2.45) is 0 Å². The maximum atomic E-state index is 11.7. The zero-order valence-corrected chi connectivity index (χ0v) is 9.56. The first-order chi connectivity index (χ1) is 7.17. The molecule has 0 spiro atoms. The fourth-order valence-corrected chi connectivity index (χ4v) is 1.32. The van der Waals surface area contributed by atoms with Gasteiger partial charge in [0.15, 0.2) is 5.78 Å². The van der Waals surface area contributed by atoms with Crippen LogP contribution in [0.4, 0.5) is 0 Å². The number of ketones is 1. The van der Waals surface area contributed by atoms with Crippen LogP contribution in [-0.4, -0.2) is 28.8 Å². The second-order valence-electron chi connectivity index (χ2n) is 3.67. The molecule has 15 heavy (non-hydrogen) atoms. The van der Waals surface area contributed by atoms with E-state index in [9.17, 15) is 4.79 Å². The molecule has 0 amide bonds. The van der Waals surface area contributed by atoms with Crippen LogP contribution in [0.2, 0.25) is 0 Å². The minimum Gasteiger partial charge on any atom is -0.381 e. The zero-order chi connectivity index (χ0) is 11.3. The molecular weight excluding hydrogens is 192 g/mol. The van der Waals surface area contributed by atoms with E-state index < -0.39 is 0 Å². The molecule has 0 aliphatic heterocycles. The number of aromatic nitrogens is 2.